The van der Waals surface area contributed by atoms with E-state index >= 15 is 0 Å². The summed E-state index contributed by atoms with van der Waals surface area (Å²) in [5.74, 6) is -2.12. The topological polar surface area (TPSA) is 324 Å². The minimum Gasteiger partial charge on any atom is -0.390 e. The summed E-state index contributed by atoms with van der Waals surface area (Å²) in [7, 11) is -5.20. The van der Waals surface area contributed by atoms with Gasteiger partial charge in [0.1, 0.15) is 54.5 Å². The first-order valence-corrected chi connectivity index (χ1v) is 20.2. The molecule has 0 saturated carbocycles. The van der Waals surface area contributed by atoms with Crippen molar-refractivity contribution in [3.05, 3.63) is 25.3 Å². The highest BCUT2D eigenvalue weighted by atomic mass is 32.5. The number of aliphatic hydroxyl groups excluding tert-OH is 1. The third kappa shape index (κ3) is 7.38. The van der Waals surface area contributed by atoms with Gasteiger partial charge >= 0.3 is 21.0 Å². The third-order valence-electron chi connectivity index (χ3n) is 7.26. The predicted molar refractivity (Wildman–Crippen MR) is 166 cm³/mol. The molecule has 2 unspecified atom stereocenters. The lowest BCUT2D eigenvalue weighted by Crippen LogP contribution is -2.38. The maximum atomic E-state index is 13.8. The molecule has 2 saturated heterocycles. The first-order chi connectivity index (χ1) is 22.0. The van der Waals surface area contributed by atoms with E-state index in [2.05, 4.69) is 53.5 Å². The molecule has 22 nitrogen and oxygen atoms in total. The van der Waals surface area contributed by atoms with Gasteiger partial charge in [-0.2, -0.15) is 0 Å². The highest BCUT2D eigenvalue weighted by molar-refractivity contribution is 8.07. The van der Waals surface area contributed by atoms with Crippen LogP contribution in [0.25, 0.3) is 22.3 Å². The van der Waals surface area contributed by atoms with Gasteiger partial charge in [-0.05, 0) is 23.6 Å². The van der Waals surface area contributed by atoms with Crippen LogP contribution in [0.1, 0.15) is 25.3 Å². The van der Waals surface area contributed by atoms with Crippen LogP contribution in [0.4, 0.5) is 11.6 Å². The fourth-order valence-electron chi connectivity index (χ4n) is 5.26. The Morgan fingerprint density at radius 1 is 0.872 bits per heavy atom. The predicted octanol–water partition coefficient (Wildman–Crippen LogP) is -0.885. The van der Waals surface area contributed by atoms with Gasteiger partial charge in [-0.25, -0.2) is 29.9 Å². The molecule has 4 aromatic rings. The molecule has 6 rings (SSSR count). The first-order valence-electron chi connectivity index (χ1n) is 13.3. The second kappa shape index (κ2) is 12.9. The number of aromatic nitrogens is 8. The Bertz CT molecular complexity index is 1940. The second-order valence-electron chi connectivity index (χ2n) is 10.4. The quantitative estimate of drug-likeness (QED) is 0.0861. The molecule has 27 heteroatoms. The van der Waals surface area contributed by atoms with E-state index in [4.69, 9.17) is 34.5 Å². The third-order valence-corrected chi connectivity index (χ3v) is 10.5. The molecular formula is C20H27N10O12P3S2. The summed E-state index contributed by atoms with van der Waals surface area (Å²) >= 11 is 9.21. The number of fused-ring (bicyclic) bond motifs is 2. The van der Waals surface area contributed by atoms with Crippen LogP contribution in [0.2, 0.25) is 0 Å². The number of hydrogen-bond acceptors (Lipinski definition) is 17. The van der Waals surface area contributed by atoms with E-state index in [9.17, 15) is 34.1 Å². The van der Waals surface area contributed by atoms with Crippen molar-refractivity contribution in [2.75, 3.05) is 18.1 Å². The van der Waals surface area contributed by atoms with E-state index in [0.29, 0.717) is 11.2 Å². The zero-order valence-corrected chi connectivity index (χ0v) is 27.8. The fourth-order valence-corrected chi connectivity index (χ4v) is 9.04. The number of ether oxygens (including phenoxy) is 2. The minimum absolute atomic E-state index is 0.00101. The van der Waals surface area contributed by atoms with E-state index in [0.717, 1.165) is 6.33 Å². The van der Waals surface area contributed by atoms with Gasteiger partial charge in [0, 0.05) is 12.8 Å². The number of nitrogens with two attached hydrogens (primary N) is 2. The fraction of sp³-hybridized carbons (Fsp3) is 0.500. The Kier molecular flexibility index (Phi) is 9.52. The van der Waals surface area contributed by atoms with Crippen LogP contribution in [0.3, 0.4) is 0 Å². The van der Waals surface area contributed by atoms with Crippen molar-refractivity contribution in [3.8, 4) is 0 Å². The van der Waals surface area contributed by atoms with Crippen LogP contribution in [0, 0.1) is 0 Å². The molecule has 256 valence electrons. The van der Waals surface area contributed by atoms with Gasteiger partial charge in [-0.15, -0.1) is 0 Å². The second-order valence-corrected chi connectivity index (χ2v) is 17.5. The molecule has 6 heterocycles. The van der Waals surface area contributed by atoms with E-state index < -0.39 is 70.4 Å². The molecule has 2 aliphatic heterocycles. The molecule has 2 aliphatic rings. The summed E-state index contributed by atoms with van der Waals surface area (Å²) in [5.41, 5.74) is 12.7. The number of anilines is 2. The van der Waals surface area contributed by atoms with Crippen LogP contribution in [0.5, 0.6) is 0 Å². The van der Waals surface area contributed by atoms with Gasteiger partial charge in [0.25, 0.3) is 0 Å². The number of imidazole rings is 2. The average Bonchev–Trinajstić information content (AvgIpc) is 3.75. The van der Waals surface area contributed by atoms with Crippen LogP contribution in [-0.4, -0.2) is 105 Å². The van der Waals surface area contributed by atoms with Crippen LogP contribution in [0.15, 0.2) is 25.3 Å². The molecular weight excluding hydrogens is 729 g/mol. The standard InChI is InChI=1S/C20H27N10O12P3S2/c21-16-13-18(25-4-23-16)29(6-27-13)11-1-8(31)10(39-11)3-38-43(32,33)20(42-45(36,37)47)15-9(41-44(34,35)46)2-12(40-15)30-7-28-14-17(22)24-5-26-19(14)30/h4-12,15,20,31H,1-3H2,(H,32,33)(H2,21,23,25)(H2,22,24,26)(H2,34,35,46)(H2,36,37,47)/t8-,9-,10+,11+,12+,15-,20?/m0/s1. The lowest BCUT2D eigenvalue weighted by Gasteiger charge is -2.32. The van der Waals surface area contributed by atoms with Crippen LogP contribution in [-0.2, 0) is 51.2 Å². The largest absolute Gasteiger partial charge is 0.390 e. The molecule has 0 radical (unpaired) electrons. The average molecular weight is 757 g/mol. The smallest absolute Gasteiger partial charge is 0.360 e. The molecule has 0 aliphatic carbocycles. The molecule has 0 spiro atoms. The molecule has 10 N–H and O–H groups in total. The van der Waals surface area contributed by atoms with E-state index in [1.54, 1.807) is 0 Å². The summed E-state index contributed by atoms with van der Waals surface area (Å²) in [5, 5.41) is 10.7. The van der Waals surface area contributed by atoms with Gasteiger partial charge in [0.05, 0.1) is 25.4 Å². The van der Waals surface area contributed by atoms with E-state index in [-0.39, 0.29) is 35.6 Å². The normalized spacial score (nSPS) is 27.4. The Labute approximate surface area is 273 Å². The van der Waals surface area contributed by atoms with Gasteiger partial charge in [-0.1, -0.05) is 0 Å². The number of nitrogens with zero attached hydrogens (tertiary/aromatic N) is 8. The molecule has 0 bridgehead atoms. The van der Waals surface area contributed by atoms with Crippen molar-refractivity contribution >= 4 is 78.6 Å². The van der Waals surface area contributed by atoms with Crippen molar-refractivity contribution in [2.24, 2.45) is 0 Å². The van der Waals surface area contributed by atoms with Gasteiger partial charge in [0.15, 0.2) is 28.8 Å². The van der Waals surface area contributed by atoms with E-state index in [1.165, 1.54) is 28.1 Å². The number of aliphatic hydroxyl groups is 1. The molecule has 8 atom stereocenters. The maximum absolute atomic E-state index is 13.8. The number of nitrogen functional groups attached to an aromatic ring is 2. The highest BCUT2D eigenvalue weighted by Gasteiger charge is 2.54. The first kappa shape index (κ1) is 34.6. The lowest BCUT2D eigenvalue weighted by molar-refractivity contribution is -0.0630. The van der Waals surface area contributed by atoms with E-state index in [1.807, 2.05) is 0 Å². The maximum Gasteiger partial charge on any atom is 0.360 e. The van der Waals surface area contributed by atoms with Crippen LogP contribution >= 0.6 is 21.0 Å². The summed E-state index contributed by atoms with van der Waals surface area (Å²) in [6, 6.07) is 0. The Morgan fingerprint density at radius 3 is 1.96 bits per heavy atom. The summed E-state index contributed by atoms with van der Waals surface area (Å²) in [4.78, 5) is 75.4. The monoisotopic (exact) mass is 756 g/mol. The van der Waals surface area contributed by atoms with Crippen molar-refractivity contribution in [1.29, 1.82) is 0 Å². The van der Waals surface area contributed by atoms with Crippen LogP contribution < -0.4 is 11.5 Å². The summed E-state index contributed by atoms with van der Waals surface area (Å²) in [6.07, 6.45) is -2.85. The minimum atomic E-state index is -5.20. The Morgan fingerprint density at radius 2 is 1.43 bits per heavy atom. The molecule has 2 fully saturated rings. The molecule has 0 aromatic carbocycles. The summed E-state index contributed by atoms with van der Waals surface area (Å²) < 4.78 is 44.1. The zero-order chi connectivity index (χ0) is 33.9. The van der Waals surface area contributed by atoms with Crippen molar-refractivity contribution in [2.45, 2.75) is 55.6 Å². The van der Waals surface area contributed by atoms with Crippen molar-refractivity contribution in [1.82, 2.24) is 39.0 Å². The Hall–Kier alpha value is -2.21. The zero-order valence-electron chi connectivity index (χ0n) is 23.5. The molecule has 4 aromatic heterocycles. The molecule has 0 amide bonds. The van der Waals surface area contributed by atoms with Gasteiger partial charge in [-0.3, -0.25) is 18.2 Å². The van der Waals surface area contributed by atoms with Crippen molar-refractivity contribution < 1.29 is 57.2 Å². The van der Waals surface area contributed by atoms with Crippen molar-refractivity contribution in [3.63, 3.8) is 0 Å². The molecule has 47 heavy (non-hydrogen) atoms. The summed E-state index contributed by atoms with van der Waals surface area (Å²) in [6.45, 7) is -9.89. The lowest BCUT2D eigenvalue weighted by atomic mass is 10.2. The SMILES string of the molecule is Nc1ncnc2c1ncn2[C@H]1C[C@H](OP(O)(O)=S)[C@@H](C(OP(O)(O)=S)P(=O)(O)OC[C@H]2O[C@@H](n3cnc4c(N)ncnc43)C[C@@H]2O)O1. The highest BCUT2D eigenvalue weighted by Crippen LogP contribution is 2.59. The number of rotatable bonds is 11. The Balaban J connectivity index is 1.24. The van der Waals surface area contributed by atoms with Gasteiger partial charge in [0.2, 0.25) is 0 Å². The van der Waals surface area contributed by atoms with Gasteiger partial charge < -0.3 is 59.6 Å². The number of hydrogen-bond donors (Lipinski definition) is 8.